The summed E-state index contributed by atoms with van der Waals surface area (Å²) in [5.41, 5.74) is 6.62. The number of halogens is 1. The Kier molecular flexibility index (Phi) is 9.53. The molecule has 136 valence electrons. The number of methoxy groups -OCH3 is 2. The fourth-order valence-corrected chi connectivity index (χ4v) is 2.06. The SMILES string of the molecule is COc1ccc(OC)c(NC(N)=NCCCOc2ccccc2)c1.I. The maximum atomic E-state index is 5.92. The highest BCUT2D eigenvalue weighted by Crippen LogP contribution is 2.28. The molecule has 3 N–H and O–H groups in total. The largest absolute Gasteiger partial charge is 0.497 e. The van der Waals surface area contributed by atoms with Gasteiger partial charge in [-0.3, -0.25) is 4.99 Å². The number of nitrogens with two attached hydrogens (primary N) is 1. The summed E-state index contributed by atoms with van der Waals surface area (Å²) in [5, 5.41) is 3.03. The first-order valence-electron chi connectivity index (χ1n) is 7.69. The summed E-state index contributed by atoms with van der Waals surface area (Å²) in [7, 11) is 3.21. The van der Waals surface area contributed by atoms with E-state index in [0.29, 0.717) is 36.3 Å². The van der Waals surface area contributed by atoms with Gasteiger partial charge in [-0.2, -0.15) is 0 Å². The number of rotatable bonds is 8. The Hall–Kier alpha value is -2.16. The number of anilines is 1. The van der Waals surface area contributed by atoms with Crippen molar-refractivity contribution in [3.63, 3.8) is 0 Å². The Balaban J connectivity index is 0.00000312. The van der Waals surface area contributed by atoms with Gasteiger partial charge in [-0.25, -0.2) is 0 Å². The van der Waals surface area contributed by atoms with Gasteiger partial charge in [-0.05, 0) is 24.3 Å². The third-order valence-corrected chi connectivity index (χ3v) is 3.27. The Morgan fingerprint density at radius 1 is 1.04 bits per heavy atom. The zero-order valence-electron chi connectivity index (χ0n) is 14.4. The summed E-state index contributed by atoms with van der Waals surface area (Å²) in [6.07, 6.45) is 0.770. The second-order valence-electron chi connectivity index (χ2n) is 4.97. The fraction of sp³-hybridized carbons (Fsp3) is 0.278. The van der Waals surface area contributed by atoms with E-state index in [1.165, 1.54) is 0 Å². The molecule has 0 bridgehead atoms. The molecule has 0 saturated carbocycles. The summed E-state index contributed by atoms with van der Waals surface area (Å²) in [5.74, 6) is 2.55. The topological polar surface area (TPSA) is 78.1 Å². The van der Waals surface area contributed by atoms with Gasteiger partial charge in [-0.15, -0.1) is 24.0 Å². The monoisotopic (exact) mass is 457 g/mol. The van der Waals surface area contributed by atoms with E-state index < -0.39 is 0 Å². The van der Waals surface area contributed by atoms with E-state index >= 15 is 0 Å². The van der Waals surface area contributed by atoms with Crippen molar-refractivity contribution in [1.29, 1.82) is 0 Å². The van der Waals surface area contributed by atoms with Crippen molar-refractivity contribution in [3.8, 4) is 17.2 Å². The first-order chi connectivity index (χ1) is 11.7. The highest BCUT2D eigenvalue weighted by molar-refractivity contribution is 14.0. The molecule has 0 aliphatic rings. The van der Waals surface area contributed by atoms with Crippen molar-refractivity contribution >= 4 is 35.6 Å². The van der Waals surface area contributed by atoms with E-state index in [9.17, 15) is 0 Å². The lowest BCUT2D eigenvalue weighted by molar-refractivity contribution is 0.313. The zero-order valence-corrected chi connectivity index (χ0v) is 16.7. The standard InChI is InChI=1S/C18H23N3O3.HI/c1-22-15-9-10-17(23-2)16(13-15)21-18(19)20-11-6-12-24-14-7-4-3-5-8-14;/h3-5,7-10,13H,6,11-12H2,1-2H3,(H3,19,20,21);1H. The van der Waals surface area contributed by atoms with Gasteiger partial charge in [0.05, 0.1) is 26.5 Å². The van der Waals surface area contributed by atoms with E-state index in [0.717, 1.165) is 12.2 Å². The lowest BCUT2D eigenvalue weighted by atomic mass is 10.2. The highest BCUT2D eigenvalue weighted by Gasteiger charge is 2.05. The lowest BCUT2D eigenvalue weighted by Crippen LogP contribution is -2.23. The van der Waals surface area contributed by atoms with Crippen LogP contribution in [0.3, 0.4) is 0 Å². The molecular formula is C18H24IN3O3. The predicted molar refractivity (Wildman–Crippen MR) is 112 cm³/mol. The normalized spacial score (nSPS) is 10.6. The van der Waals surface area contributed by atoms with Crippen LogP contribution < -0.4 is 25.3 Å². The van der Waals surface area contributed by atoms with Crippen LogP contribution in [0, 0.1) is 0 Å². The Bertz CT molecular complexity index is 666. The lowest BCUT2D eigenvalue weighted by Gasteiger charge is -2.12. The number of benzene rings is 2. The molecule has 0 heterocycles. The zero-order chi connectivity index (χ0) is 17.2. The van der Waals surface area contributed by atoms with Crippen LogP contribution in [0.1, 0.15) is 6.42 Å². The van der Waals surface area contributed by atoms with Gasteiger partial charge in [0.1, 0.15) is 17.2 Å². The second-order valence-corrected chi connectivity index (χ2v) is 4.97. The number of aliphatic imine (C=N–C) groups is 1. The second kappa shape index (κ2) is 11.4. The van der Waals surface area contributed by atoms with Crippen LogP contribution in [0.5, 0.6) is 17.2 Å². The van der Waals surface area contributed by atoms with Gasteiger partial charge in [0.25, 0.3) is 0 Å². The van der Waals surface area contributed by atoms with Crippen molar-refractivity contribution in [2.75, 3.05) is 32.7 Å². The maximum Gasteiger partial charge on any atom is 0.193 e. The predicted octanol–water partition coefficient (Wildman–Crippen LogP) is 3.52. The van der Waals surface area contributed by atoms with Crippen molar-refractivity contribution in [3.05, 3.63) is 48.5 Å². The summed E-state index contributed by atoms with van der Waals surface area (Å²) < 4.78 is 16.1. The smallest absolute Gasteiger partial charge is 0.193 e. The molecule has 0 aliphatic heterocycles. The summed E-state index contributed by atoms with van der Waals surface area (Å²) >= 11 is 0. The average molecular weight is 457 g/mol. The number of hydrogen-bond acceptors (Lipinski definition) is 4. The molecule has 0 aliphatic carbocycles. The van der Waals surface area contributed by atoms with Crippen LogP contribution in [-0.4, -0.2) is 33.3 Å². The Morgan fingerprint density at radius 2 is 1.80 bits per heavy atom. The molecule has 0 atom stereocenters. The van der Waals surface area contributed by atoms with Crippen LogP contribution in [0.2, 0.25) is 0 Å². The number of nitrogens with one attached hydrogen (secondary N) is 1. The summed E-state index contributed by atoms with van der Waals surface area (Å²) in [6.45, 7) is 1.15. The van der Waals surface area contributed by atoms with Gasteiger partial charge < -0.3 is 25.3 Å². The van der Waals surface area contributed by atoms with E-state index in [4.69, 9.17) is 19.9 Å². The van der Waals surface area contributed by atoms with E-state index in [2.05, 4.69) is 10.3 Å². The first kappa shape index (κ1) is 20.9. The molecule has 6 nitrogen and oxygen atoms in total. The number of nitrogens with zero attached hydrogens (tertiary/aromatic N) is 1. The number of hydrogen-bond donors (Lipinski definition) is 2. The summed E-state index contributed by atoms with van der Waals surface area (Å²) in [4.78, 5) is 4.29. The third-order valence-electron chi connectivity index (χ3n) is 3.27. The third kappa shape index (κ3) is 7.08. The Labute approximate surface area is 165 Å². The molecule has 0 unspecified atom stereocenters. The van der Waals surface area contributed by atoms with E-state index in [1.807, 2.05) is 42.5 Å². The fourth-order valence-electron chi connectivity index (χ4n) is 2.06. The molecular weight excluding hydrogens is 433 g/mol. The number of ether oxygens (including phenoxy) is 3. The minimum absolute atomic E-state index is 0. The van der Waals surface area contributed by atoms with E-state index in [-0.39, 0.29) is 24.0 Å². The molecule has 0 radical (unpaired) electrons. The molecule has 0 saturated heterocycles. The van der Waals surface area contributed by atoms with Gasteiger partial charge in [0.2, 0.25) is 0 Å². The van der Waals surface area contributed by atoms with Crippen molar-refractivity contribution < 1.29 is 14.2 Å². The minimum Gasteiger partial charge on any atom is -0.497 e. The molecule has 0 spiro atoms. The molecule has 25 heavy (non-hydrogen) atoms. The number of para-hydroxylation sites is 1. The first-order valence-corrected chi connectivity index (χ1v) is 7.69. The highest BCUT2D eigenvalue weighted by atomic mass is 127. The van der Waals surface area contributed by atoms with Crippen molar-refractivity contribution in [1.82, 2.24) is 0 Å². The maximum absolute atomic E-state index is 5.92. The van der Waals surface area contributed by atoms with Gasteiger partial charge in [0.15, 0.2) is 5.96 Å². The van der Waals surface area contributed by atoms with Gasteiger partial charge in [0, 0.05) is 19.0 Å². The minimum atomic E-state index is 0. The van der Waals surface area contributed by atoms with Crippen molar-refractivity contribution in [2.24, 2.45) is 10.7 Å². The molecule has 2 aromatic carbocycles. The van der Waals surface area contributed by atoms with Gasteiger partial charge in [-0.1, -0.05) is 18.2 Å². The van der Waals surface area contributed by atoms with Crippen LogP contribution in [-0.2, 0) is 0 Å². The molecule has 0 fully saturated rings. The van der Waals surface area contributed by atoms with Crippen LogP contribution >= 0.6 is 24.0 Å². The van der Waals surface area contributed by atoms with Gasteiger partial charge >= 0.3 is 0 Å². The molecule has 0 aromatic heterocycles. The number of guanidine groups is 1. The quantitative estimate of drug-likeness (QED) is 0.275. The molecule has 7 heteroatoms. The van der Waals surface area contributed by atoms with Crippen LogP contribution in [0.15, 0.2) is 53.5 Å². The molecule has 2 aromatic rings. The van der Waals surface area contributed by atoms with Crippen LogP contribution in [0.25, 0.3) is 0 Å². The average Bonchev–Trinajstić information content (AvgIpc) is 2.62. The molecule has 2 rings (SSSR count). The van der Waals surface area contributed by atoms with E-state index in [1.54, 1.807) is 20.3 Å². The van der Waals surface area contributed by atoms with Crippen LogP contribution in [0.4, 0.5) is 5.69 Å². The van der Waals surface area contributed by atoms with Crippen molar-refractivity contribution in [2.45, 2.75) is 6.42 Å². The molecule has 0 amide bonds. The summed E-state index contributed by atoms with van der Waals surface area (Å²) in [6, 6.07) is 15.1. The Morgan fingerprint density at radius 3 is 2.48 bits per heavy atom.